The van der Waals surface area contributed by atoms with Crippen molar-refractivity contribution >= 4 is 48.6 Å². The molecule has 1 aromatic heterocycles. The lowest BCUT2D eigenvalue weighted by molar-refractivity contribution is 0.648. The van der Waals surface area contributed by atoms with Crippen LogP contribution in [-0.4, -0.2) is 0 Å². The summed E-state index contributed by atoms with van der Waals surface area (Å²) in [5, 5.41) is 1.58. The van der Waals surface area contributed by atoms with E-state index in [2.05, 4.69) is 15.9 Å². The van der Waals surface area contributed by atoms with Crippen molar-refractivity contribution in [2.45, 2.75) is 5.41 Å². The number of benzene rings is 6. The minimum atomic E-state index is -1.32. The average molecular weight is 544 g/mol. The number of fused-ring (bicyclic) bond motifs is 7. The highest BCUT2D eigenvalue weighted by molar-refractivity contribution is 9.10. The van der Waals surface area contributed by atoms with Crippen LogP contribution in [0.4, 0.5) is 0 Å². The first kappa shape index (κ1) is 15.2. The van der Waals surface area contributed by atoms with E-state index in [1.807, 2.05) is 84.9 Å². The molecule has 0 saturated heterocycles. The van der Waals surface area contributed by atoms with Crippen LogP contribution in [0.5, 0.6) is 0 Å². The predicted octanol–water partition coefficient (Wildman–Crippen LogP) is 9.86. The summed E-state index contributed by atoms with van der Waals surface area (Å²) >= 11 is 3.63. The smallest absolute Gasteiger partial charge is 0.140 e. The quantitative estimate of drug-likeness (QED) is 0.211. The number of rotatable bonds is 2. The maximum atomic E-state index is 9.67. The van der Waals surface area contributed by atoms with Gasteiger partial charge < -0.3 is 4.42 Å². The van der Waals surface area contributed by atoms with Gasteiger partial charge in [-0.2, -0.15) is 0 Å². The van der Waals surface area contributed by atoms with Crippen LogP contribution in [0.2, 0.25) is 0 Å². The van der Waals surface area contributed by atoms with E-state index in [-0.39, 0.29) is 34.5 Å². The minimum Gasteiger partial charge on any atom is -0.456 e. The van der Waals surface area contributed by atoms with E-state index in [1.54, 1.807) is 0 Å². The summed E-state index contributed by atoms with van der Waals surface area (Å²) in [6.07, 6.45) is 0. The highest BCUT2D eigenvalue weighted by atomic mass is 79.9. The first-order valence-electron chi connectivity index (χ1n) is 15.5. The lowest BCUT2D eigenvalue weighted by atomic mass is 9.67. The molecule has 0 bridgehead atoms. The van der Waals surface area contributed by atoms with E-state index in [1.165, 1.54) is 0 Å². The fraction of sp³-hybridized carbons (Fsp3) is 0.0286. The number of para-hydroxylation sites is 2. The Morgan fingerprint density at radius 1 is 0.649 bits per heavy atom. The third-order valence-corrected chi connectivity index (χ3v) is 7.93. The van der Waals surface area contributed by atoms with Crippen LogP contribution in [0.25, 0.3) is 43.8 Å². The van der Waals surface area contributed by atoms with Gasteiger partial charge in [0.2, 0.25) is 0 Å². The lowest BCUT2D eigenvalue weighted by Gasteiger charge is -2.34. The summed E-state index contributed by atoms with van der Waals surface area (Å²) < 4.78 is 69.8. The molecule has 0 saturated carbocycles. The fourth-order valence-corrected chi connectivity index (χ4v) is 6.32. The van der Waals surface area contributed by atoms with Crippen LogP contribution in [0, 0.1) is 0 Å². The minimum absolute atomic E-state index is 0.0776. The van der Waals surface area contributed by atoms with E-state index in [9.17, 15) is 2.74 Å². The van der Waals surface area contributed by atoms with Crippen molar-refractivity contribution < 1.29 is 14.0 Å². The molecule has 1 nitrogen and oxygen atoms in total. The second-order valence-electron chi connectivity index (χ2n) is 9.27. The molecule has 0 N–H and O–H groups in total. The van der Waals surface area contributed by atoms with Crippen molar-refractivity contribution in [2.24, 2.45) is 0 Å². The van der Waals surface area contributed by atoms with Crippen molar-refractivity contribution in [3.8, 4) is 11.1 Å². The molecule has 1 atom stereocenters. The van der Waals surface area contributed by atoms with Gasteiger partial charge in [0, 0.05) is 20.8 Å². The third kappa shape index (κ3) is 2.79. The van der Waals surface area contributed by atoms with Gasteiger partial charge in [-0.05, 0) is 62.8 Å². The summed E-state index contributed by atoms with van der Waals surface area (Å²) in [5.74, 6) is 0. The molecular formula is C35H21BrO. The number of hydrogen-bond donors (Lipinski definition) is 0. The zero-order valence-electron chi connectivity index (χ0n) is 26.4. The number of furan rings is 1. The summed E-state index contributed by atoms with van der Waals surface area (Å²) in [6.45, 7) is 0. The van der Waals surface area contributed by atoms with Crippen LogP contribution in [0.3, 0.4) is 0 Å². The first-order chi connectivity index (χ1) is 21.2. The second kappa shape index (κ2) is 7.68. The number of halogens is 1. The Hall–Kier alpha value is -4.14. The Kier molecular flexibility index (Phi) is 3.15. The van der Waals surface area contributed by atoms with E-state index in [4.69, 9.17) is 11.3 Å². The third-order valence-electron chi connectivity index (χ3n) is 7.44. The van der Waals surface area contributed by atoms with Crippen molar-refractivity contribution in [3.05, 3.63) is 154 Å². The molecule has 174 valence electrons. The fourth-order valence-electron chi connectivity index (χ4n) is 5.96. The molecule has 1 unspecified atom stereocenters. The van der Waals surface area contributed by atoms with Gasteiger partial charge in [0.25, 0.3) is 0 Å². The lowest BCUT2D eigenvalue weighted by Crippen LogP contribution is -2.28. The Morgan fingerprint density at radius 2 is 1.41 bits per heavy atom. The average Bonchev–Trinajstić information content (AvgIpc) is 3.55. The molecule has 0 aliphatic heterocycles. The first-order valence-corrected chi connectivity index (χ1v) is 12.8. The molecule has 0 spiro atoms. The highest BCUT2D eigenvalue weighted by Gasteiger charge is 2.47. The van der Waals surface area contributed by atoms with Gasteiger partial charge in [0.05, 0.1) is 15.0 Å². The zero-order chi connectivity index (χ0) is 30.7. The largest absolute Gasteiger partial charge is 0.456 e. The van der Waals surface area contributed by atoms with Gasteiger partial charge in [-0.25, -0.2) is 0 Å². The molecule has 1 aliphatic rings. The molecule has 7 aromatic rings. The summed E-state index contributed by atoms with van der Waals surface area (Å²) in [6, 6.07) is 24.7. The van der Waals surface area contributed by atoms with Crippen LogP contribution < -0.4 is 0 Å². The molecule has 0 amide bonds. The van der Waals surface area contributed by atoms with Gasteiger partial charge in [0.15, 0.2) is 0 Å². The standard InChI is InChI=1S/C35H21BrO/c36-25-18-19-31-29(21-25)26-10-3-5-13-30(26)35(31,24-17-16-22-8-1-2-9-23(22)20-24)32-14-7-12-28-27-11-4-6-15-33(27)37-34(28)32/h1-21H/i1D,2D,8D,9D,16D,17D,20D. The maximum Gasteiger partial charge on any atom is 0.140 e. The molecule has 1 heterocycles. The summed E-state index contributed by atoms with van der Waals surface area (Å²) in [5.41, 5.74) is 4.18. The molecule has 0 fully saturated rings. The van der Waals surface area contributed by atoms with Crippen LogP contribution in [0.15, 0.2) is 136 Å². The Balaban J connectivity index is 1.67. The van der Waals surface area contributed by atoms with Crippen LogP contribution >= 0.6 is 15.9 Å². The summed E-state index contributed by atoms with van der Waals surface area (Å²) in [4.78, 5) is 0. The van der Waals surface area contributed by atoms with Crippen molar-refractivity contribution in [1.82, 2.24) is 0 Å². The van der Waals surface area contributed by atoms with Gasteiger partial charge in [-0.1, -0.05) is 119 Å². The van der Waals surface area contributed by atoms with Crippen LogP contribution in [0.1, 0.15) is 31.8 Å². The topological polar surface area (TPSA) is 13.1 Å². The Morgan fingerprint density at radius 3 is 2.35 bits per heavy atom. The van der Waals surface area contributed by atoms with Crippen LogP contribution in [-0.2, 0) is 5.41 Å². The van der Waals surface area contributed by atoms with Gasteiger partial charge >= 0.3 is 0 Å². The highest BCUT2D eigenvalue weighted by Crippen LogP contribution is 2.58. The van der Waals surface area contributed by atoms with E-state index in [0.717, 1.165) is 37.5 Å². The molecular weight excluding hydrogens is 516 g/mol. The van der Waals surface area contributed by atoms with E-state index >= 15 is 0 Å². The van der Waals surface area contributed by atoms with Crippen molar-refractivity contribution in [1.29, 1.82) is 0 Å². The monoisotopic (exact) mass is 543 g/mol. The summed E-state index contributed by atoms with van der Waals surface area (Å²) in [7, 11) is 0. The molecule has 1 aliphatic carbocycles. The van der Waals surface area contributed by atoms with Gasteiger partial charge in [0.1, 0.15) is 11.2 Å². The number of hydrogen-bond acceptors (Lipinski definition) is 1. The predicted molar refractivity (Wildman–Crippen MR) is 156 cm³/mol. The molecule has 37 heavy (non-hydrogen) atoms. The zero-order valence-corrected chi connectivity index (χ0v) is 21.0. The normalized spacial score (nSPS) is 19.0. The van der Waals surface area contributed by atoms with Gasteiger partial charge in [-0.15, -0.1) is 0 Å². The maximum absolute atomic E-state index is 9.67. The van der Waals surface area contributed by atoms with Crippen molar-refractivity contribution in [2.75, 3.05) is 0 Å². The molecule has 8 rings (SSSR count). The van der Waals surface area contributed by atoms with Crippen molar-refractivity contribution in [3.63, 3.8) is 0 Å². The van der Waals surface area contributed by atoms with E-state index < -0.39 is 29.6 Å². The Labute approximate surface area is 233 Å². The second-order valence-corrected chi connectivity index (χ2v) is 10.2. The SMILES string of the molecule is [2H]c1c([2H])c([2H])c2c([2H])c(C3(c4cccc5c4oc4ccccc45)c4ccccc4-c4cc(Br)ccc43)c([2H])c([2H])c2c1[2H]. The molecule has 0 radical (unpaired) electrons. The van der Waals surface area contributed by atoms with Gasteiger partial charge in [-0.3, -0.25) is 0 Å². The van der Waals surface area contributed by atoms with E-state index in [0.29, 0.717) is 16.7 Å². The Bertz CT molecular complexity index is 2400. The molecule has 2 heteroatoms. The molecule has 6 aromatic carbocycles.